The molecule has 2 aliphatic rings. The Morgan fingerprint density at radius 2 is 2.05 bits per heavy atom. The molecule has 1 aliphatic carbocycles. The molecule has 6 nitrogen and oxygen atoms in total. The van der Waals surface area contributed by atoms with Crippen molar-refractivity contribution in [3.63, 3.8) is 0 Å². The van der Waals surface area contributed by atoms with E-state index >= 15 is 0 Å². The highest BCUT2D eigenvalue weighted by Gasteiger charge is 2.68. The number of ether oxygens (including phenoxy) is 3. The first-order valence-electron chi connectivity index (χ1n) is 7.41. The van der Waals surface area contributed by atoms with Gasteiger partial charge in [0, 0.05) is 18.3 Å². The summed E-state index contributed by atoms with van der Waals surface area (Å²) < 4.78 is 40.8. The van der Waals surface area contributed by atoms with Gasteiger partial charge in [0.15, 0.2) is 21.3 Å². The first-order chi connectivity index (χ1) is 10.4. The van der Waals surface area contributed by atoms with E-state index in [2.05, 4.69) is 0 Å². The van der Waals surface area contributed by atoms with Crippen molar-refractivity contribution in [3.8, 4) is 11.5 Å². The minimum absolute atomic E-state index is 0.0732. The van der Waals surface area contributed by atoms with E-state index in [1.54, 1.807) is 13.0 Å². The van der Waals surface area contributed by atoms with Crippen molar-refractivity contribution >= 4 is 9.84 Å². The largest absolute Gasteiger partial charge is 0.454 e. The SMILES string of the molecule is CCOC[C@@]1(N)[C@@H](c2ccc3c(c2)OCO3)[C@@H]1S(=O)(=O)CC. The van der Waals surface area contributed by atoms with E-state index in [1.165, 1.54) is 0 Å². The summed E-state index contributed by atoms with van der Waals surface area (Å²) in [6, 6.07) is 5.48. The second kappa shape index (κ2) is 5.40. The second-order valence-corrected chi connectivity index (χ2v) is 8.12. The Hall–Kier alpha value is -1.31. The number of hydrogen-bond donors (Lipinski definition) is 1. The standard InChI is InChI=1S/C15H21NO5S/c1-3-19-8-15(16)13(14(15)22(17,18)4-2)10-5-6-11-12(7-10)21-9-20-11/h5-7,13-14H,3-4,8-9,16H2,1-2H3/t13-,14-,15+/m0/s1. The molecule has 1 aromatic carbocycles. The first-order valence-corrected chi connectivity index (χ1v) is 9.13. The Morgan fingerprint density at radius 3 is 2.73 bits per heavy atom. The van der Waals surface area contributed by atoms with Crippen molar-refractivity contribution in [3.05, 3.63) is 23.8 Å². The van der Waals surface area contributed by atoms with Gasteiger partial charge < -0.3 is 19.9 Å². The van der Waals surface area contributed by atoms with Gasteiger partial charge in [-0.2, -0.15) is 0 Å². The molecule has 2 N–H and O–H groups in total. The average molecular weight is 327 g/mol. The lowest BCUT2D eigenvalue weighted by molar-refractivity contribution is 0.125. The fraction of sp³-hybridized carbons (Fsp3) is 0.600. The van der Waals surface area contributed by atoms with Gasteiger partial charge >= 0.3 is 0 Å². The number of nitrogens with two attached hydrogens (primary N) is 1. The Balaban J connectivity index is 1.93. The minimum Gasteiger partial charge on any atom is -0.454 e. The third-order valence-corrected chi connectivity index (χ3v) is 6.69. The monoisotopic (exact) mass is 327 g/mol. The number of rotatable bonds is 6. The van der Waals surface area contributed by atoms with Gasteiger partial charge in [0.25, 0.3) is 0 Å². The summed E-state index contributed by atoms with van der Waals surface area (Å²) >= 11 is 0. The van der Waals surface area contributed by atoms with Crippen LogP contribution in [-0.4, -0.2) is 45.0 Å². The lowest BCUT2D eigenvalue weighted by atomic mass is 10.1. The predicted molar refractivity (Wildman–Crippen MR) is 82.0 cm³/mol. The Bertz CT molecular complexity index is 675. The van der Waals surface area contributed by atoms with Crippen molar-refractivity contribution in [2.75, 3.05) is 25.8 Å². The highest BCUT2D eigenvalue weighted by atomic mass is 32.2. The molecule has 1 saturated carbocycles. The van der Waals surface area contributed by atoms with E-state index in [-0.39, 0.29) is 25.1 Å². The van der Waals surface area contributed by atoms with Crippen molar-refractivity contribution < 1.29 is 22.6 Å². The van der Waals surface area contributed by atoms with Crippen LogP contribution in [-0.2, 0) is 14.6 Å². The maximum Gasteiger partial charge on any atom is 0.231 e. The zero-order chi connectivity index (χ0) is 16.0. The quantitative estimate of drug-likeness (QED) is 0.840. The molecule has 22 heavy (non-hydrogen) atoms. The Kier molecular flexibility index (Phi) is 3.82. The molecule has 1 heterocycles. The molecule has 122 valence electrons. The second-order valence-electron chi connectivity index (χ2n) is 5.71. The Morgan fingerprint density at radius 1 is 1.32 bits per heavy atom. The van der Waals surface area contributed by atoms with Crippen molar-refractivity contribution in [2.45, 2.75) is 30.6 Å². The summed E-state index contributed by atoms with van der Waals surface area (Å²) in [5.74, 6) is 1.10. The topological polar surface area (TPSA) is 87.8 Å². The van der Waals surface area contributed by atoms with E-state index in [0.29, 0.717) is 18.1 Å². The van der Waals surface area contributed by atoms with E-state index in [0.717, 1.165) is 5.56 Å². The van der Waals surface area contributed by atoms with Gasteiger partial charge in [0.05, 0.1) is 17.4 Å². The normalized spacial score (nSPS) is 29.6. The molecule has 3 rings (SSSR count). The van der Waals surface area contributed by atoms with E-state index < -0.39 is 20.6 Å². The third-order valence-electron chi connectivity index (χ3n) is 4.40. The van der Waals surface area contributed by atoms with Crippen LogP contribution in [0.5, 0.6) is 11.5 Å². The van der Waals surface area contributed by atoms with Crippen LogP contribution >= 0.6 is 0 Å². The van der Waals surface area contributed by atoms with Crippen LogP contribution in [0.25, 0.3) is 0 Å². The van der Waals surface area contributed by atoms with Crippen LogP contribution in [0, 0.1) is 0 Å². The Labute approximate surface area is 130 Å². The van der Waals surface area contributed by atoms with Crippen LogP contribution in [0.3, 0.4) is 0 Å². The molecule has 1 fully saturated rings. The predicted octanol–water partition coefficient (Wildman–Crippen LogP) is 1.05. The molecule has 0 radical (unpaired) electrons. The highest BCUT2D eigenvalue weighted by Crippen LogP contribution is 2.55. The molecule has 0 aromatic heterocycles. The van der Waals surface area contributed by atoms with Gasteiger partial charge in [-0.3, -0.25) is 0 Å². The van der Waals surface area contributed by atoms with Crippen LogP contribution in [0.2, 0.25) is 0 Å². The minimum atomic E-state index is -3.25. The van der Waals surface area contributed by atoms with Gasteiger partial charge in [0.2, 0.25) is 6.79 Å². The van der Waals surface area contributed by atoms with Crippen LogP contribution in [0.1, 0.15) is 25.3 Å². The summed E-state index contributed by atoms with van der Waals surface area (Å²) in [5.41, 5.74) is 6.36. The maximum atomic E-state index is 12.4. The molecule has 0 bridgehead atoms. The van der Waals surface area contributed by atoms with E-state index in [9.17, 15) is 8.42 Å². The lowest BCUT2D eigenvalue weighted by Crippen LogP contribution is -2.36. The number of sulfone groups is 1. The highest BCUT2D eigenvalue weighted by molar-refractivity contribution is 7.92. The molecule has 0 unspecified atom stereocenters. The van der Waals surface area contributed by atoms with Gasteiger partial charge in [-0.15, -0.1) is 0 Å². The molecule has 0 amide bonds. The molecular formula is C15H21NO5S. The zero-order valence-electron chi connectivity index (χ0n) is 12.7. The molecule has 0 spiro atoms. The zero-order valence-corrected chi connectivity index (χ0v) is 13.6. The average Bonchev–Trinajstić information content (AvgIpc) is 2.90. The van der Waals surface area contributed by atoms with E-state index in [1.807, 2.05) is 19.1 Å². The maximum absolute atomic E-state index is 12.4. The van der Waals surface area contributed by atoms with Crippen LogP contribution in [0.4, 0.5) is 0 Å². The summed E-state index contributed by atoms with van der Waals surface area (Å²) in [4.78, 5) is 0. The molecule has 1 aromatic rings. The fourth-order valence-corrected chi connectivity index (χ4v) is 5.18. The molecule has 7 heteroatoms. The fourth-order valence-electron chi connectivity index (χ4n) is 3.19. The summed E-state index contributed by atoms with van der Waals surface area (Å²) in [5, 5.41) is -0.614. The van der Waals surface area contributed by atoms with Gasteiger partial charge in [0.1, 0.15) is 0 Å². The first kappa shape index (κ1) is 15.6. The molecule has 1 aliphatic heterocycles. The van der Waals surface area contributed by atoms with Crippen molar-refractivity contribution in [1.82, 2.24) is 0 Å². The third kappa shape index (κ3) is 2.37. The van der Waals surface area contributed by atoms with Gasteiger partial charge in [-0.05, 0) is 24.6 Å². The number of hydrogen-bond acceptors (Lipinski definition) is 6. The summed E-state index contributed by atoms with van der Waals surface area (Å²) in [6.45, 7) is 4.43. The smallest absolute Gasteiger partial charge is 0.231 e. The summed E-state index contributed by atoms with van der Waals surface area (Å²) in [7, 11) is -3.25. The van der Waals surface area contributed by atoms with E-state index in [4.69, 9.17) is 19.9 Å². The van der Waals surface area contributed by atoms with Gasteiger partial charge in [-0.25, -0.2) is 8.42 Å². The van der Waals surface area contributed by atoms with Crippen molar-refractivity contribution in [2.24, 2.45) is 5.73 Å². The van der Waals surface area contributed by atoms with Gasteiger partial charge in [-0.1, -0.05) is 13.0 Å². The number of benzene rings is 1. The van der Waals surface area contributed by atoms with Crippen LogP contribution in [0.15, 0.2) is 18.2 Å². The summed E-state index contributed by atoms with van der Waals surface area (Å²) in [6.07, 6.45) is 0. The number of fused-ring (bicyclic) bond motifs is 1. The molecule has 3 atom stereocenters. The van der Waals surface area contributed by atoms with Crippen molar-refractivity contribution in [1.29, 1.82) is 0 Å². The van der Waals surface area contributed by atoms with Crippen LogP contribution < -0.4 is 15.2 Å². The lowest BCUT2D eigenvalue weighted by Gasteiger charge is -2.12. The molecule has 0 saturated heterocycles. The molecular weight excluding hydrogens is 306 g/mol.